The summed E-state index contributed by atoms with van der Waals surface area (Å²) < 4.78 is 34.8. The van der Waals surface area contributed by atoms with Crippen LogP contribution in [0.25, 0.3) is 0 Å². The third-order valence-electron chi connectivity index (χ3n) is 5.56. The molecule has 166 valence electrons. The van der Waals surface area contributed by atoms with Gasteiger partial charge in [0.25, 0.3) is 0 Å². The number of carbonyl (C=O) groups excluding carboxylic acids is 1. The number of fused-ring (bicyclic) bond motifs is 1. The second-order valence-electron chi connectivity index (χ2n) is 7.63. The smallest absolute Gasteiger partial charge is 0.387 e. The SMILES string of the molecule is O=C(NCc1ccnc(N2CCOCC2)c1)NC1CCCc2cc(OC(F)F)ccc21. The van der Waals surface area contributed by atoms with Gasteiger partial charge in [0.05, 0.1) is 19.3 Å². The van der Waals surface area contributed by atoms with Gasteiger partial charge in [0.2, 0.25) is 0 Å². The van der Waals surface area contributed by atoms with E-state index in [9.17, 15) is 13.6 Å². The number of rotatable bonds is 6. The molecule has 2 aromatic rings. The fourth-order valence-electron chi connectivity index (χ4n) is 4.04. The Kier molecular flexibility index (Phi) is 6.81. The van der Waals surface area contributed by atoms with Crippen LogP contribution in [-0.2, 0) is 17.7 Å². The number of benzene rings is 1. The van der Waals surface area contributed by atoms with E-state index in [1.807, 2.05) is 12.1 Å². The van der Waals surface area contributed by atoms with Crippen LogP contribution in [0.5, 0.6) is 5.75 Å². The number of pyridine rings is 1. The lowest BCUT2D eigenvalue weighted by molar-refractivity contribution is -0.0499. The lowest BCUT2D eigenvalue weighted by atomic mass is 9.87. The lowest BCUT2D eigenvalue weighted by Gasteiger charge is -2.28. The first-order chi connectivity index (χ1) is 15.1. The minimum Gasteiger partial charge on any atom is -0.435 e. The molecule has 4 rings (SSSR count). The number of amides is 2. The number of urea groups is 1. The highest BCUT2D eigenvalue weighted by Crippen LogP contribution is 2.32. The zero-order valence-corrected chi connectivity index (χ0v) is 17.2. The van der Waals surface area contributed by atoms with Crippen LogP contribution in [0.3, 0.4) is 0 Å². The number of ether oxygens (including phenoxy) is 2. The summed E-state index contributed by atoms with van der Waals surface area (Å²) in [7, 11) is 0. The zero-order chi connectivity index (χ0) is 21.6. The predicted octanol–water partition coefficient (Wildman–Crippen LogP) is 3.40. The molecule has 2 aliphatic rings. The molecule has 1 aliphatic carbocycles. The van der Waals surface area contributed by atoms with Crippen LogP contribution >= 0.6 is 0 Å². The number of hydrogen-bond acceptors (Lipinski definition) is 5. The predicted molar refractivity (Wildman–Crippen MR) is 111 cm³/mol. The number of anilines is 1. The summed E-state index contributed by atoms with van der Waals surface area (Å²) in [5.41, 5.74) is 2.84. The molecule has 1 aromatic heterocycles. The second-order valence-corrected chi connectivity index (χ2v) is 7.63. The molecule has 0 spiro atoms. The first-order valence-corrected chi connectivity index (χ1v) is 10.5. The van der Waals surface area contributed by atoms with Crippen LogP contribution in [0.4, 0.5) is 19.4 Å². The van der Waals surface area contributed by atoms with E-state index in [2.05, 4.69) is 25.3 Å². The Morgan fingerprint density at radius 2 is 2.10 bits per heavy atom. The Bertz CT molecular complexity index is 906. The largest absolute Gasteiger partial charge is 0.435 e. The Hall–Kier alpha value is -2.94. The number of nitrogens with one attached hydrogen (secondary N) is 2. The fourth-order valence-corrected chi connectivity index (χ4v) is 4.04. The Balaban J connectivity index is 1.34. The van der Waals surface area contributed by atoms with E-state index in [1.54, 1.807) is 18.3 Å². The second kappa shape index (κ2) is 9.91. The molecular formula is C22H26F2N4O3. The number of hydrogen-bond donors (Lipinski definition) is 2. The van der Waals surface area contributed by atoms with Crippen molar-refractivity contribution in [3.8, 4) is 5.75 Å². The topological polar surface area (TPSA) is 75.7 Å². The van der Waals surface area contributed by atoms with E-state index in [0.717, 1.165) is 54.9 Å². The minimum atomic E-state index is -2.85. The summed E-state index contributed by atoms with van der Waals surface area (Å²) in [6, 6.07) is 8.34. The number of morpholine rings is 1. The van der Waals surface area contributed by atoms with Gasteiger partial charge in [0, 0.05) is 25.8 Å². The van der Waals surface area contributed by atoms with Crippen molar-refractivity contribution in [2.75, 3.05) is 31.2 Å². The highest BCUT2D eigenvalue weighted by Gasteiger charge is 2.23. The van der Waals surface area contributed by atoms with Gasteiger partial charge in [0.1, 0.15) is 11.6 Å². The van der Waals surface area contributed by atoms with Crippen molar-refractivity contribution >= 4 is 11.8 Å². The van der Waals surface area contributed by atoms with Gasteiger partial charge in [-0.05, 0) is 60.2 Å². The Morgan fingerprint density at radius 3 is 2.90 bits per heavy atom. The molecule has 2 N–H and O–H groups in total. The van der Waals surface area contributed by atoms with Crippen LogP contribution in [0.2, 0.25) is 0 Å². The molecule has 1 aliphatic heterocycles. The summed E-state index contributed by atoms with van der Waals surface area (Å²) in [5, 5.41) is 5.90. The molecule has 0 bridgehead atoms. The molecule has 2 amide bonds. The Labute approximate surface area is 179 Å². The number of alkyl halides is 2. The molecule has 0 saturated carbocycles. The van der Waals surface area contributed by atoms with E-state index in [-0.39, 0.29) is 17.8 Å². The van der Waals surface area contributed by atoms with Gasteiger partial charge in [-0.2, -0.15) is 8.78 Å². The number of nitrogens with zero attached hydrogens (tertiary/aromatic N) is 2. The molecule has 7 nitrogen and oxygen atoms in total. The molecule has 31 heavy (non-hydrogen) atoms. The van der Waals surface area contributed by atoms with Gasteiger partial charge in [-0.15, -0.1) is 0 Å². The summed E-state index contributed by atoms with van der Waals surface area (Å²) in [5.74, 6) is 1.03. The van der Waals surface area contributed by atoms with E-state index in [1.165, 1.54) is 6.07 Å². The number of carbonyl (C=O) groups is 1. The standard InChI is InChI=1S/C22H26F2N4O3/c23-21(24)31-17-4-5-18-16(13-17)2-1-3-19(18)27-22(29)26-14-15-6-7-25-20(12-15)28-8-10-30-11-9-28/h4-7,12-13,19,21H,1-3,8-11,14H2,(H2,26,27,29). The van der Waals surface area contributed by atoms with Crippen molar-refractivity contribution in [1.82, 2.24) is 15.6 Å². The summed E-state index contributed by atoms with van der Waals surface area (Å²) in [6.45, 7) is 0.506. The highest BCUT2D eigenvalue weighted by atomic mass is 19.3. The number of aryl methyl sites for hydroxylation is 1. The first-order valence-electron chi connectivity index (χ1n) is 10.5. The van der Waals surface area contributed by atoms with Crippen molar-refractivity contribution in [3.05, 3.63) is 53.2 Å². The average Bonchev–Trinajstić information content (AvgIpc) is 2.78. The molecule has 9 heteroatoms. The van der Waals surface area contributed by atoms with E-state index in [4.69, 9.17) is 4.74 Å². The summed E-state index contributed by atoms with van der Waals surface area (Å²) in [4.78, 5) is 19.1. The maximum absolute atomic E-state index is 12.5. The molecule has 1 atom stereocenters. The highest BCUT2D eigenvalue weighted by molar-refractivity contribution is 5.74. The average molecular weight is 432 g/mol. The normalized spacial score (nSPS) is 18.4. The fraction of sp³-hybridized carbons (Fsp3) is 0.455. The van der Waals surface area contributed by atoms with E-state index < -0.39 is 6.61 Å². The molecule has 1 aromatic carbocycles. The molecule has 0 radical (unpaired) electrons. The minimum absolute atomic E-state index is 0.146. The van der Waals surface area contributed by atoms with E-state index >= 15 is 0 Å². The summed E-state index contributed by atoms with van der Waals surface area (Å²) in [6.07, 6.45) is 4.18. The van der Waals surface area contributed by atoms with Crippen LogP contribution in [0, 0.1) is 0 Å². The number of aromatic nitrogens is 1. The van der Waals surface area contributed by atoms with E-state index in [0.29, 0.717) is 19.8 Å². The molecule has 1 fully saturated rings. The van der Waals surface area contributed by atoms with Crippen molar-refractivity contribution in [3.63, 3.8) is 0 Å². The van der Waals surface area contributed by atoms with Crippen molar-refractivity contribution in [2.24, 2.45) is 0 Å². The monoisotopic (exact) mass is 432 g/mol. The van der Waals surface area contributed by atoms with Crippen LogP contribution in [0.1, 0.15) is 35.6 Å². The van der Waals surface area contributed by atoms with Crippen molar-refractivity contribution < 1.29 is 23.0 Å². The zero-order valence-electron chi connectivity index (χ0n) is 17.2. The van der Waals surface area contributed by atoms with Crippen LogP contribution in [-0.4, -0.2) is 43.9 Å². The maximum atomic E-state index is 12.5. The first kappa shape index (κ1) is 21.3. The third kappa shape index (κ3) is 5.61. The third-order valence-corrected chi connectivity index (χ3v) is 5.56. The molecule has 1 saturated heterocycles. The van der Waals surface area contributed by atoms with Gasteiger partial charge >= 0.3 is 12.6 Å². The van der Waals surface area contributed by atoms with Gasteiger partial charge in [-0.1, -0.05) is 6.07 Å². The Morgan fingerprint density at radius 1 is 1.26 bits per heavy atom. The molecule has 1 unspecified atom stereocenters. The number of halogens is 2. The quantitative estimate of drug-likeness (QED) is 0.732. The summed E-state index contributed by atoms with van der Waals surface area (Å²) >= 11 is 0. The van der Waals surface area contributed by atoms with Crippen LogP contribution < -0.4 is 20.3 Å². The van der Waals surface area contributed by atoms with Gasteiger partial charge in [0.15, 0.2) is 0 Å². The lowest BCUT2D eigenvalue weighted by Crippen LogP contribution is -2.39. The van der Waals surface area contributed by atoms with Gasteiger partial charge in [-0.3, -0.25) is 0 Å². The maximum Gasteiger partial charge on any atom is 0.387 e. The molecular weight excluding hydrogens is 406 g/mol. The van der Waals surface area contributed by atoms with Gasteiger partial charge in [-0.25, -0.2) is 9.78 Å². The van der Waals surface area contributed by atoms with Crippen molar-refractivity contribution in [2.45, 2.75) is 38.5 Å². The molecule has 2 heterocycles. The van der Waals surface area contributed by atoms with Crippen molar-refractivity contribution in [1.29, 1.82) is 0 Å². The van der Waals surface area contributed by atoms with Crippen LogP contribution in [0.15, 0.2) is 36.5 Å². The van der Waals surface area contributed by atoms with Gasteiger partial charge < -0.3 is 25.0 Å².